The monoisotopic (exact) mass is 259 g/mol. The first-order valence-electron chi connectivity index (χ1n) is 5.89. The molecule has 0 amide bonds. The van der Waals surface area contributed by atoms with Crippen LogP contribution in [0, 0.1) is 0 Å². The highest BCUT2D eigenvalue weighted by Crippen LogP contribution is 2.41. The number of hydrogen-bond acceptors (Lipinski definition) is 5. The van der Waals surface area contributed by atoms with Gasteiger partial charge in [-0.15, -0.1) is 0 Å². The van der Waals surface area contributed by atoms with Gasteiger partial charge in [0.05, 0.1) is 7.11 Å². The highest BCUT2D eigenvalue weighted by molar-refractivity contribution is 5.51. The zero-order valence-corrected chi connectivity index (χ0v) is 10.4. The number of methoxy groups -OCH3 is 1. The van der Waals surface area contributed by atoms with Crippen LogP contribution < -0.4 is 14.2 Å². The molecule has 19 heavy (non-hydrogen) atoms. The summed E-state index contributed by atoms with van der Waals surface area (Å²) in [5.74, 6) is 2.24. The maximum absolute atomic E-state index is 9.74. The summed E-state index contributed by atoms with van der Waals surface area (Å²) in [7, 11) is 1.55. The molecular formula is C14H13NO4. The van der Waals surface area contributed by atoms with E-state index in [-0.39, 0.29) is 6.61 Å². The molecule has 0 spiro atoms. The van der Waals surface area contributed by atoms with Crippen LogP contribution in [0.2, 0.25) is 0 Å². The maximum Gasteiger partial charge on any atom is 0.216 e. The van der Waals surface area contributed by atoms with Crippen molar-refractivity contribution >= 4 is 0 Å². The van der Waals surface area contributed by atoms with E-state index in [2.05, 4.69) is 4.98 Å². The Morgan fingerprint density at radius 2 is 2.26 bits per heavy atom. The first-order valence-corrected chi connectivity index (χ1v) is 5.89. The second kappa shape index (κ2) is 4.78. The van der Waals surface area contributed by atoms with Crippen molar-refractivity contribution in [3.05, 3.63) is 42.1 Å². The van der Waals surface area contributed by atoms with E-state index in [1.54, 1.807) is 31.5 Å². The van der Waals surface area contributed by atoms with Gasteiger partial charge in [0.1, 0.15) is 18.5 Å². The minimum atomic E-state index is -0.592. The van der Waals surface area contributed by atoms with Crippen molar-refractivity contribution in [3.63, 3.8) is 0 Å². The second-order valence-corrected chi connectivity index (χ2v) is 4.14. The Labute approximate surface area is 110 Å². The summed E-state index contributed by atoms with van der Waals surface area (Å²) >= 11 is 0. The molecule has 1 aliphatic heterocycles. The highest BCUT2D eigenvalue weighted by Gasteiger charge is 2.25. The van der Waals surface area contributed by atoms with Crippen LogP contribution in [0.5, 0.6) is 23.1 Å². The molecule has 2 heterocycles. The van der Waals surface area contributed by atoms with Crippen LogP contribution in [0.25, 0.3) is 0 Å². The van der Waals surface area contributed by atoms with E-state index < -0.39 is 6.10 Å². The van der Waals surface area contributed by atoms with Crippen molar-refractivity contribution in [1.29, 1.82) is 0 Å². The Morgan fingerprint density at radius 1 is 1.37 bits per heavy atom. The molecule has 3 rings (SSSR count). The zero-order chi connectivity index (χ0) is 13.2. The van der Waals surface area contributed by atoms with Gasteiger partial charge in [-0.05, 0) is 12.1 Å². The van der Waals surface area contributed by atoms with Gasteiger partial charge in [0, 0.05) is 17.8 Å². The van der Waals surface area contributed by atoms with Crippen molar-refractivity contribution < 1.29 is 19.3 Å². The zero-order valence-electron chi connectivity index (χ0n) is 10.4. The van der Waals surface area contributed by atoms with E-state index in [0.717, 1.165) is 5.56 Å². The highest BCUT2D eigenvalue weighted by atomic mass is 16.5. The number of aromatic nitrogens is 1. The van der Waals surface area contributed by atoms with Gasteiger partial charge in [0.2, 0.25) is 5.88 Å². The molecule has 1 unspecified atom stereocenters. The number of rotatable bonds is 3. The van der Waals surface area contributed by atoms with Gasteiger partial charge in [-0.25, -0.2) is 4.98 Å². The molecule has 0 fully saturated rings. The quantitative estimate of drug-likeness (QED) is 0.916. The predicted molar refractivity (Wildman–Crippen MR) is 67.8 cm³/mol. The normalized spacial score (nSPS) is 16.6. The molecule has 1 aliphatic rings. The lowest BCUT2D eigenvalue weighted by molar-refractivity contribution is 0.140. The van der Waals surface area contributed by atoms with Crippen LogP contribution in [-0.4, -0.2) is 23.8 Å². The van der Waals surface area contributed by atoms with E-state index in [9.17, 15) is 5.11 Å². The summed E-state index contributed by atoms with van der Waals surface area (Å²) in [5, 5.41) is 9.74. The fourth-order valence-electron chi connectivity index (χ4n) is 1.98. The van der Waals surface area contributed by atoms with E-state index in [1.165, 1.54) is 0 Å². The summed E-state index contributed by atoms with van der Waals surface area (Å²) < 4.78 is 16.2. The van der Waals surface area contributed by atoms with Crippen LogP contribution in [0.15, 0.2) is 36.5 Å². The van der Waals surface area contributed by atoms with Gasteiger partial charge >= 0.3 is 0 Å². The second-order valence-electron chi connectivity index (χ2n) is 4.14. The molecule has 0 saturated heterocycles. The molecular weight excluding hydrogens is 246 g/mol. The smallest absolute Gasteiger partial charge is 0.216 e. The molecule has 1 N–H and O–H groups in total. The fraction of sp³-hybridized carbons (Fsp3) is 0.214. The molecule has 98 valence electrons. The van der Waals surface area contributed by atoms with Gasteiger partial charge < -0.3 is 19.3 Å². The van der Waals surface area contributed by atoms with Gasteiger partial charge in [-0.3, -0.25) is 0 Å². The molecule has 5 nitrogen and oxygen atoms in total. The number of aliphatic hydroxyl groups is 1. The van der Waals surface area contributed by atoms with Crippen LogP contribution in [0.3, 0.4) is 0 Å². The summed E-state index contributed by atoms with van der Waals surface area (Å²) in [4.78, 5) is 4.01. The van der Waals surface area contributed by atoms with Crippen LogP contribution in [-0.2, 0) is 0 Å². The predicted octanol–water partition coefficient (Wildman–Crippen LogP) is 2.31. The lowest BCUT2D eigenvalue weighted by Gasteiger charge is -2.10. The van der Waals surface area contributed by atoms with Gasteiger partial charge in [-0.1, -0.05) is 12.1 Å². The maximum atomic E-state index is 9.74. The number of fused-ring (bicyclic) bond motifs is 1. The lowest BCUT2D eigenvalue weighted by Crippen LogP contribution is -1.97. The number of para-hydroxylation sites is 1. The molecule has 0 saturated carbocycles. The van der Waals surface area contributed by atoms with Crippen molar-refractivity contribution in [2.45, 2.75) is 6.10 Å². The minimum Gasteiger partial charge on any atom is -0.486 e. The number of hydrogen-bond donors (Lipinski definition) is 1. The summed E-state index contributed by atoms with van der Waals surface area (Å²) in [5.41, 5.74) is 0.749. The first-order chi connectivity index (χ1) is 9.28. The number of pyridine rings is 1. The van der Waals surface area contributed by atoms with Crippen molar-refractivity contribution in [1.82, 2.24) is 4.98 Å². The summed E-state index contributed by atoms with van der Waals surface area (Å²) in [6, 6.07) is 8.86. The Bertz CT molecular complexity index is 600. The SMILES string of the molecule is COc1cc(Oc2cccc3c2OCC3O)ccn1. The number of ether oxygens (including phenoxy) is 3. The Morgan fingerprint density at radius 3 is 3.11 bits per heavy atom. The molecule has 1 aromatic carbocycles. The van der Waals surface area contributed by atoms with Gasteiger partial charge in [0.25, 0.3) is 0 Å². The average molecular weight is 259 g/mol. The Hall–Kier alpha value is -2.27. The van der Waals surface area contributed by atoms with Gasteiger partial charge in [0.15, 0.2) is 11.5 Å². The first kappa shape index (κ1) is 11.8. The largest absolute Gasteiger partial charge is 0.486 e. The number of nitrogens with zero attached hydrogens (tertiary/aromatic N) is 1. The van der Waals surface area contributed by atoms with Crippen LogP contribution >= 0.6 is 0 Å². The van der Waals surface area contributed by atoms with Crippen LogP contribution in [0.4, 0.5) is 0 Å². The van der Waals surface area contributed by atoms with E-state index in [1.807, 2.05) is 12.1 Å². The van der Waals surface area contributed by atoms with Crippen LogP contribution in [0.1, 0.15) is 11.7 Å². The third-order valence-corrected chi connectivity index (χ3v) is 2.90. The molecule has 1 atom stereocenters. The van der Waals surface area contributed by atoms with Gasteiger partial charge in [-0.2, -0.15) is 0 Å². The average Bonchev–Trinajstić information content (AvgIpc) is 2.82. The third-order valence-electron chi connectivity index (χ3n) is 2.90. The number of aliphatic hydroxyl groups excluding tert-OH is 1. The Kier molecular flexibility index (Phi) is 2.97. The molecule has 0 aliphatic carbocycles. The summed E-state index contributed by atoms with van der Waals surface area (Å²) in [6.45, 7) is 0.259. The van der Waals surface area contributed by atoms with E-state index in [0.29, 0.717) is 23.1 Å². The topological polar surface area (TPSA) is 60.8 Å². The molecule has 2 aromatic rings. The van der Waals surface area contributed by atoms with Crippen molar-refractivity contribution in [2.75, 3.05) is 13.7 Å². The summed E-state index contributed by atoms with van der Waals surface area (Å²) in [6.07, 6.45) is 1.01. The fourth-order valence-corrected chi connectivity index (χ4v) is 1.98. The van der Waals surface area contributed by atoms with Crippen molar-refractivity contribution in [2.24, 2.45) is 0 Å². The lowest BCUT2D eigenvalue weighted by atomic mass is 10.1. The Balaban J connectivity index is 1.92. The van der Waals surface area contributed by atoms with Crippen molar-refractivity contribution in [3.8, 4) is 23.1 Å². The molecule has 1 aromatic heterocycles. The van der Waals surface area contributed by atoms with E-state index >= 15 is 0 Å². The standard InChI is InChI=1S/C14H13NO4/c1-17-13-7-9(5-6-15-13)19-12-4-2-3-10-11(16)8-18-14(10)12/h2-7,11,16H,8H2,1H3. The minimum absolute atomic E-state index is 0.259. The molecule has 0 radical (unpaired) electrons. The molecule has 0 bridgehead atoms. The van der Waals surface area contributed by atoms with E-state index in [4.69, 9.17) is 14.2 Å². The number of benzene rings is 1. The molecule has 5 heteroatoms. The third kappa shape index (κ3) is 2.20.